The number of carbonyl (C=O) groups is 1. The number of nitrogens with zero attached hydrogens (tertiary/aromatic N) is 3. The zero-order chi connectivity index (χ0) is 15.9. The number of hydrogen-bond donors (Lipinski definition) is 1. The molecule has 1 amide bonds. The third-order valence-electron chi connectivity index (χ3n) is 5.83. The fourth-order valence-electron chi connectivity index (χ4n) is 4.24. The average molecular weight is 391 g/mol. The van der Waals surface area contributed by atoms with E-state index >= 15 is 0 Å². The molecule has 4 rings (SSSR count). The molecule has 1 aromatic heterocycles. The van der Waals surface area contributed by atoms with Crippen molar-refractivity contribution in [1.82, 2.24) is 20.3 Å². The Hall–Kier alpha value is -0.820. The Labute approximate surface area is 161 Å². The molecule has 0 aromatic carbocycles. The number of aromatic nitrogens is 1. The molecule has 1 N–H and O–H groups in total. The first-order valence-corrected chi connectivity index (χ1v) is 8.80. The quantitative estimate of drug-likeness (QED) is 0.853. The molecule has 1 aliphatic carbocycles. The van der Waals surface area contributed by atoms with Gasteiger partial charge in [0.05, 0.1) is 5.69 Å². The van der Waals surface area contributed by atoms with E-state index in [9.17, 15) is 4.79 Å². The Bertz CT molecular complexity index is 581. The topological polar surface area (TPSA) is 61.6 Å². The van der Waals surface area contributed by atoms with E-state index in [1.54, 1.807) is 0 Å². The van der Waals surface area contributed by atoms with Gasteiger partial charge in [0, 0.05) is 44.7 Å². The average Bonchev–Trinajstić information content (AvgIpc) is 3.09. The van der Waals surface area contributed by atoms with Crippen LogP contribution in [-0.4, -0.2) is 60.1 Å². The van der Waals surface area contributed by atoms with Crippen molar-refractivity contribution in [3.63, 3.8) is 0 Å². The molecule has 8 heteroatoms. The zero-order valence-electron chi connectivity index (χ0n) is 14.7. The predicted molar refractivity (Wildman–Crippen MR) is 100 cm³/mol. The van der Waals surface area contributed by atoms with Crippen LogP contribution in [0.4, 0.5) is 0 Å². The number of rotatable bonds is 3. The molecular formula is C17H28Cl2N4O2. The van der Waals surface area contributed by atoms with Crippen molar-refractivity contribution < 1.29 is 9.32 Å². The van der Waals surface area contributed by atoms with E-state index in [0.717, 1.165) is 63.7 Å². The van der Waals surface area contributed by atoms with Crippen LogP contribution >= 0.6 is 24.8 Å². The number of piperazine rings is 1. The van der Waals surface area contributed by atoms with Crippen molar-refractivity contribution in [3.8, 4) is 0 Å². The molecular weight excluding hydrogens is 363 g/mol. The lowest BCUT2D eigenvalue weighted by Gasteiger charge is -2.35. The van der Waals surface area contributed by atoms with E-state index in [1.807, 2.05) is 13.0 Å². The van der Waals surface area contributed by atoms with Crippen LogP contribution in [0.25, 0.3) is 0 Å². The SMILES string of the molecule is Cc1cc(CN2CCN(C(=O)C3CC34CCNCC4)CC2)no1.Cl.Cl. The van der Waals surface area contributed by atoms with Gasteiger partial charge in [0.2, 0.25) is 5.91 Å². The fourth-order valence-corrected chi connectivity index (χ4v) is 4.24. The molecule has 6 nitrogen and oxygen atoms in total. The highest BCUT2D eigenvalue weighted by Crippen LogP contribution is 2.59. The Morgan fingerprint density at radius 3 is 2.56 bits per heavy atom. The van der Waals surface area contributed by atoms with E-state index in [0.29, 0.717) is 17.2 Å². The number of piperidine rings is 1. The van der Waals surface area contributed by atoms with Crippen molar-refractivity contribution in [2.75, 3.05) is 39.3 Å². The number of carbonyl (C=O) groups excluding carboxylic acids is 1. The van der Waals surface area contributed by atoms with E-state index in [4.69, 9.17) is 4.52 Å². The Morgan fingerprint density at radius 2 is 1.96 bits per heavy atom. The second-order valence-corrected chi connectivity index (χ2v) is 7.40. The van der Waals surface area contributed by atoms with Gasteiger partial charge in [-0.15, -0.1) is 24.8 Å². The number of halogens is 2. The maximum Gasteiger partial charge on any atom is 0.226 e. The van der Waals surface area contributed by atoms with Crippen LogP contribution < -0.4 is 5.32 Å². The van der Waals surface area contributed by atoms with Gasteiger partial charge < -0.3 is 14.7 Å². The molecule has 1 atom stereocenters. The van der Waals surface area contributed by atoms with Crippen LogP contribution in [0.3, 0.4) is 0 Å². The van der Waals surface area contributed by atoms with Gasteiger partial charge in [-0.1, -0.05) is 5.16 Å². The van der Waals surface area contributed by atoms with Crippen molar-refractivity contribution >= 4 is 30.7 Å². The third kappa shape index (κ3) is 4.30. The first kappa shape index (κ1) is 20.5. The van der Waals surface area contributed by atoms with E-state index in [2.05, 4.69) is 20.3 Å². The van der Waals surface area contributed by atoms with Crippen LogP contribution in [0.2, 0.25) is 0 Å². The van der Waals surface area contributed by atoms with Crippen molar-refractivity contribution in [3.05, 3.63) is 17.5 Å². The summed E-state index contributed by atoms with van der Waals surface area (Å²) in [5.41, 5.74) is 1.33. The maximum absolute atomic E-state index is 12.8. The fraction of sp³-hybridized carbons (Fsp3) is 0.765. The Kier molecular flexibility index (Phi) is 6.76. The molecule has 1 spiro atoms. The summed E-state index contributed by atoms with van der Waals surface area (Å²) >= 11 is 0. The molecule has 0 bridgehead atoms. The van der Waals surface area contributed by atoms with Gasteiger partial charge >= 0.3 is 0 Å². The summed E-state index contributed by atoms with van der Waals surface area (Å²) in [5, 5.41) is 7.46. The highest BCUT2D eigenvalue weighted by Gasteiger charge is 2.58. The van der Waals surface area contributed by atoms with Crippen molar-refractivity contribution in [2.45, 2.75) is 32.7 Å². The second-order valence-electron chi connectivity index (χ2n) is 7.40. The Morgan fingerprint density at radius 1 is 1.28 bits per heavy atom. The minimum Gasteiger partial charge on any atom is -0.361 e. The third-order valence-corrected chi connectivity index (χ3v) is 5.83. The number of amides is 1. The molecule has 3 fully saturated rings. The smallest absolute Gasteiger partial charge is 0.226 e. The predicted octanol–water partition coefficient (Wildman–Crippen LogP) is 1.86. The van der Waals surface area contributed by atoms with Gasteiger partial charge in [-0.05, 0) is 44.7 Å². The molecule has 2 aliphatic heterocycles. The molecule has 3 heterocycles. The number of aryl methyl sites for hydroxylation is 1. The summed E-state index contributed by atoms with van der Waals surface area (Å²) < 4.78 is 5.12. The summed E-state index contributed by atoms with van der Waals surface area (Å²) in [6, 6.07) is 1.99. The second kappa shape index (κ2) is 8.25. The van der Waals surface area contributed by atoms with Gasteiger partial charge in [-0.25, -0.2) is 0 Å². The van der Waals surface area contributed by atoms with Crippen LogP contribution in [0.5, 0.6) is 0 Å². The van der Waals surface area contributed by atoms with Gasteiger partial charge in [0.15, 0.2) is 0 Å². The number of hydrogen-bond acceptors (Lipinski definition) is 5. The van der Waals surface area contributed by atoms with Gasteiger partial charge in [-0.3, -0.25) is 9.69 Å². The summed E-state index contributed by atoms with van der Waals surface area (Å²) in [4.78, 5) is 17.2. The van der Waals surface area contributed by atoms with Crippen molar-refractivity contribution in [1.29, 1.82) is 0 Å². The van der Waals surface area contributed by atoms with Gasteiger partial charge in [0.1, 0.15) is 5.76 Å². The van der Waals surface area contributed by atoms with Crippen LogP contribution in [0, 0.1) is 18.3 Å². The largest absolute Gasteiger partial charge is 0.361 e. The molecule has 3 aliphatic rings. The molecule has 25 heavy (non-hydrogen) atoms. The first-order valence-electron chi connectivity index (χ1n) is 8.80. The van der Waals surface area contributed by atoms with Gasteiger partial charge in [-0.2, -0.15) is 0 Å². The molecule has 2 saturated heterocycles. The minimum absolute atomic E-state index is 0. The van der Waals surface area contributed by atoms with E-state index in [1.165, 1.54) is 12.8 Å². The highest BCUT2D eigenvalue weighted by atomic mass is 35.5. The molecule has 1 aromatic rings. The van der Waals surface area contributed by atoms with Crippen LogP contribution in [-0.2, 0) is 11.3 Å². The molecule has 0 radical (unpaired) electrons. The summed E-state index contributed by atoms with van der Waals surface area (Å²) in [7, 11) is 0. The lowest BCUT2D eigenvalue weighted by atomic mass is 9.91. The van der Waals surface area contributed by atoms with Crippen molar-refractivity contribution in [2.24, 2.45) is 11.3 Å². The maximum atomic E-state index is 12.8. The lowest BCUT2D eigenvalue weighted by Crippen LogP contribution is -2.49. The summed E-state index contributed by atoms with van der Waals surface area (Å²) in [5.74, 6) is 1.56. The van der Waals surface area contributed by atoms with Gasteiger partial charge in [0.25, 0.3) is 0 Å². The summed E-state index contributed by atoms with van der Waals surface area (Å²) in [6.07, 6.45) is 3.47. The first-order chi connectivity index (χ1) is 11.2. The highest BCUT2D eigenvalue weighted by molar-refractivity contribution is 5.85. The lowest BCUT2D eigenvalue weighted by molar-refractivity contribution is -0.135. The Balaban J connectivity index is 0.00000113. The monoisotopic (exact) mass is 390 g/mol. The normalized spacial score (nSPS) is 25.2. The standard InChI is InChI=1S/C17H26N4O2.2ClH/c1-13-10-14(19-23-13)12-20-6-8-21(9-7-20)16(22)15-11-17(15)2-4-18-5-3-17;;/h10,15,18H,2-9,11-12H2,1H3;2*1H. The van der Waals surface area contributed by atoms with Crippen LogP contribution in [0.1, 0.15) is 30.7 Å². The number of nitrogens with one attached hydrogen (secondary N) is 1. The molecule has 142 valence electrons. The van der Waals surface area contributed by atoms with E-state index in [-0.39, 0.29) is 24.8 Å². The molecule has 1 unspecified atom stereocenters. The van der Waals surface area contributed by atoms with Crippen LogP contribution in [0.15, 0.2) is 10.6 Å². The summed E-state index contributed by atoms with van der Waals surface area (Å²) in [6.45, 7) is 8.44. The van der Waals surface area contributed by atoms with E-state index < -0.39 is 0 Å². The minimum atomic E-state index is 0. The zero-order valence-corrected chi connectivity index (χ0v) is 16.3. The molecule has 1 saturated carbocycles.